The van der Waals surface area contributed by atoms with Crippen molar-refractivity contribution in [3.05, 3.63) is 57.8 Å². The fourth-order valence-corrected chi connectivity index (χ4v) is 3.77. The smallest absolute Gasteiger partial charge is 0.415 e. The molecule has 4 heterocycles. The molecule has 152 valence electrons. The molecule has 0 spiro atoms. The molecule has 0 saturated heterocycles. The van der Waals surface area contributed by atoms with Gasteiger partial charge in [0.2, 0.25) is 5.89 Å². The Hall–Kier alpha value is -2.92. The molecule has 0 N–H and O–H groups in total. The predicted octanol–water partition coefficient (Wildman–Crippen LogP) is 2.87. The normalized spacial score (nSPS) is 20.1. The van der Waals surface area contributed by atoms with Crippen LogP contribution in [0.2, 0.25) is 0 Å². The summed E-state index contributed by atoms with van der Waals surface area (Å²) < 4.78 is 26.5. The summed E-state index contributed by atoms with van der Waals surface area (Å²) in [5, 5.41) is 10.8. The highest BCUT2D eigenvalue weighted by atomic mass is 32.1. The predicted molar refractivity (Wildman–Crippen MR) is 104 cm³/mol. The zero-order chi connectivity index (χ0) is 19.5. The number of aromatic nitrogens is 3. The molecule has 2 aromatic heterocycles. The van der Waals surface area contributed by atoms with Crippen LogP contribution in [-0.2, 0) is 19.6 Å². The Morgan fingerprint density at radius 3 is 2.69 bits per heavy atom. The number of fused-ring (bicyclic) bond motifs is 2. The summed E-state index contributed by atoms with van der Waals surface area (Å²) in [4.78, 5) is 20.9. The van der Waals surface area contributed by atoms with Crippen LogP contribution in [0.1, 0.15) is 18.4 Å². The van der Waals surface area contributed by atoms with Crippen molar-refractivity contribution in [2.45, 2.75) is 32.2 Å². The summed E-state index contributed by atoms with van der Waals surface area (Å²) in [7, 11) is 0. The molecule has 29 heavy (non-hydrogen) atoms. The van der Waals surface area contributed by atoms with Gasteiger partial charge in [0.05, 0.1) is 18.8 Å². The molecule has 0 radical (unpaired) electrons. The lowest BCUT2D eigenvalue weighted by molar-refractivity contribution is -0.389. The van der Waals surface area contributed by atoms with E-state index < -0.39 is 10.5 Å². The minimum absolute atomic E-state index is 0. The first kappa shape index (κ1) is 19.4. The monoisotopic (exact) mass is 419 g/mol. The number of rotatable bonds is 4. The van der Waals surface area contributed by atoms with Gasteiger partial charge in [0.25, 0.3) is 0 Å². The van der Waals surface area contributed by atoms with Crippen LogP contribution in [-0.4, -0.2) is 36.5 Å². The molecule has 11 heteroatoms. The number of ether oxygens (including phenoxy) is 1. The van der Waals surface area contributed by atoms with Crippen LogP contribution in [0.15, 0.2) is 34.9 Å². The second kappa shape index (κ2) is 6.85. The van der Waals surface area contributed by atoms with E-state index in [0.29, 0.717) is 32.1 Å². The van der Waals surface area contributed by atoms with E-state index in [4.69, 9.17) is 9.15 Å². The van der Waals surface area contributed by atoms with Gasteiger partial charge in [0.15, 0.2) is 0 Å². The number of nitrogens with zero attached hydrogens (tertiary/aromatic N) is 5. The standard InChI is InChI=1S/C18H16FN5O4.H2S/c1-18(10-23-8-15(24(25)26)21-17(23)28-18)9-22-6-13-14(7-22)27-16(20-13)11-2-4-12(19)5-3-11;/h2-5,8H,6-7,9-10H2,1H3;1H2/t18-;/m0./s1. The molecule has 0 amide bonds. The lowest BCUT2D eigenvalue weighted by Gasteiger charge is -2.27. The Morgan fingerprint density at radius 1 is 1.28 bits per heavy atom. The SMILES string of the molecule is C[C@]1(CN2Cc3nc(-c4ccc(F)cc4)oc3C2)Cn2cc([N+](=O)[O-])nc2O1.S. The number of hydrogen-bond acceptors (Lipinski definition) is 7. The van der Waals surface area contributed by atoms with Crippen molar-refractivity contribution in [2.75, 3.05) is 6.54 Å². The fraction of sp³-hybridized carbons (Fsp3) is 0.333. The van der Waals surface area contributed by atoms with E-state index in [9.17, 15) is 14.5 Å². The quantitative estimate of drug-likeness (QED) is 0.474. The number of imidazole rings is 1. The largest absolute Gasteiger partial charge is 0.439 e. The van der Waals surface area contributed by atoms with Crippen molar-refractivity contribution in [1.82, 2.24) is 19.4 Å². The van der Waals surface area contributed by atoms with E-state index >= 15 is 0 Å². The molecule has 0 bridgehead atoms. The van der Waals surface area contributed by atoms with Crippen LogP contribution in [0, 0.1) is 15.9 Å². The molecule has 0 fully saturated rings. The minimum atomic E-state index is -0.541. The summed E-state index contributed by atoms with van der Waals surface area (Å²) in [6, 6.07) is 6.30. The van der Waals surface area contributed by atoms with Gasteiger partial charge >= 0.3 is 11.8 Å². The maximum atomic E-state index is 13.1. The van der Waals surface area contributed by atoms with Crippen molar-refractivity contribution in [1.29, 1.82) is 0 Å². The summed E-state index contributed by atoms with van der Waals surface area (Å²) in [5.41, 5.74) is 1.05. The zero-order valence-electron chi connectivity index (χ0n) is 15.5. The molecule has 2 aliphatic heterocycles. The second-order valence-electron chi connectivity index (χ2n) is 7.36. The number of halogens is 1. The second-order valence-corrected chi connectivity index (χ2v) is 7.36. The molecule has 9 nitrogen and oxygen atoms in total. The van der Waals surface area contributed by atoms with Gasteiger partial charge in [-0.2, -0.15) is 13.5 Å². The molecule has 2 aliphatic rings. The van der Waals surface area contributed by atoms with E-state index in [2.05, 4.69) is 14.9 Å². The van der Waals surface area contributed by atoms with Crippen LogP contribution in [0.25, 0.3) is 11.5 Å². The lowest BCUT2D eigenvalue weighted by Crippen LogP contribution is -2.43. The molecule has 0 unspecified atom stereocenters. The average Bonchev–Trinajstić information content (AvgIpc) is 3.33. The number of hydrogen-bond donors (Lipinski definition) is 0. The zero-order valence-corrected chi connectivity index (χ0v) is 16.5. The highest BCUT2D eigenvalue weighted by molar-refractivity contribution is 7.59. The molecule has 0 aliphatic carbocycles. The van der Waals surface area contributed by atoms with E-state index in [1.165, 1.54) is 18.3 Å². The number of nitro groups is 1. The Morgan fingerprint density at radius 2 is 2.03 bits per heavy atom. The Labute approximate surface area is 171 Å². The Bertz CT molecular complexity index is 1030. The lowest BCUT2D eigenvalue weighted by atomic mass is 10.1. The van der Waals surface area contributed by atoms with Crippen LogP contribution >= 0.6 is 13.5 Å². The van der Waals surface area contributed by atoms with Crippen molar-refractivity contribution in [3.63, 3.8) is 0 Å². The topological polar surface area (TPSA) is 99.5 Å². The minimum Gasteiger partial charge on any atom is -0.439 e. The molecular weight excluding hydrogens is 401 g/mol. The summed E-state index contributed by atoms with van der Waals surface area (Å²) in [5.74, 6) is 0.758. The highest BCUT2D eigenvalue weighted by Crippen LogP contribution is 2.34. The van der Waals surface area contributed by atoms with Crippen LogP contribution in [0.5, 0.6) is 6.01 Å². The average molecular weight is 419 g/mol. The van der Waals surface area contributed by atoms with Crippen LogP contribution in [0.3, 0.4) is 0 Å². The van der Waals surface area contributed by atoms with Crippen molar-refractivity contribution in [2.24, 2.45) is 0 Å². The first-order valence-corrected chi connectivity index (χ1v) is 8.76. The maximum absolute atomic E-state index is 13.1. The van der Waals surface area contributed by atoms with Gasteiger partial charge in [-0.3, -0.25) is 9.47 Å². The van der Waals surface area contributed by atoms with E-state index in [1.807, 2.05) is 6.92 Å². The summed E-state index contributed by atoms with van der Waals surface area (Å²) in [6.45, 7) is 4.23. The maximum Gasteiger partial charge on any atom is 0.415 e. The van der Waals surface area contributed by atoms with E-state index in [1.54, 1.807) is 16.7 Å². The van der Waals surface area contributed by atoms with Gasteiger partial charge in [-0.1, -0.05) is 0 Å². The van der Waals surface area contributed by atoms with Gasteiger partial charge < -0.3 is 19.3 Å². The molecule has 3 aromatic rings. The van der Waals surface area contributed by atoms with Crippen molar-refractivity contribution < 1.29 is 18.5 Å². The third kappa shape index (κ3) is 3.47. The van der Waals surface area contributed by atoms with Gasteiger partial charge in [-0.05, 0) is 36.1 Å². The van der Waals surface area contributed by atoms with Crippen LogP contribution in [0.4, 0.5) is 10.2 Å². The number of benzene rings is 1. The van der Waals surface area contributed by atoms with Crippen molar-refractivity contribution in [3.8, 4) is 17.5 Å². The molecule has 1 atom stereocenters. The number of oxazole rings is 1. The summed E-state index contributed by atoms with van der Waals surface area (Å²) >= 11 is 0. The third-order valence-electron chi connectivity index (χ3n) is 4.92. The fourth-order valence-electron chi connectivity index (χ4n) is 3.77. The third-order valence-corrected chi connectivity index (χ3v) is 4.92. The Balaban J connectivity index is 0.00000205. The molecule has 5 rings (SSSR count). The van der Waals surface area contributed by atoms with Gasteiger partial charge in [-0.15, -0.1) is 0 Å². The first-order chi connectivity index (χ1) is 13.4. The van der Waals surface area contributed by atoms with E-state index in [-0.39, 0.29) is 31.1 Å². The molecule has 1 aromatic carbocycles. The first-order valence-electron chi connectivity index (χ1n) is 8.76. The summed E-state index contributed by atoms with van der Waals surface area (Å²) in [6.07, 6.45) is 1.39. The Kier molecular flexibility index (Phi) is 4.58. The van der Waals surface area contributed by atoms with E-state index in [0.717, 1.165) is 17.0 Å². The molecule has 0 saturated carbocycles. The highest BCUT2D eigenvalue weighted by Gasteiger charge is 2.42. The van der Waals surface area contributed by atoms with Gasteiger partial charge in [0.1, 0.15) is 23.4 Å². The van der Waals surface area contributed by atoms with Crippen molar-refractivity contribution >= 4 is 19.3 Å². The van der Waals surface area contributed by atoms with Gasteiger partial charge in [-0.25, -0.2) is 9.37 Å². The molecular formula is C18H18FN5O4S. The van der Waals surface area contributed by atoms with Crippen LogP contribution < -0.4 is 4.74 Å². The van der Waals surface area contributed by atoms with Gasteiger partial charge in [0, 0.05) is 23.6 Å².